The van der Waals surface area contributed by atoms with Crippen molar-refractivity contribution in [2.75, 3.05) is 32.7 Å². The highest BCUT2D eigenvalue weighted by Crippen LogP contribution is 2.22. The standard InChI is InChI=1S/C13H23N3O2/c1-2-6-14-7-9-15-10-12(17)16-8-4-3-5-11(16)13(15)18/h11,14H,2-10H2,1H3. The summed E-state index contributed by atoms with van der Waals surface area (Å²) in [7, 11) is 0. The predicted molar refractivity (Wildman–Crippen MR) is 69.1 cm³/mol. The van der Waals surface area contributed by atoms with Crippen molar-refractivity contribution < 1.29 is 9.59 Å². The van der Waals surface area contributed by atoms with Crippen LogP contribution in [-0.4, -0.2) is 60.4 Å². The number of carbonyl (C=O) groups excluding carboxylic acids is 2. The number of rotatable bonds is 5. The molecule has 1 N–H and O–H groups in total. The van der Waals surface area contributed by atoms with Crippen LogP contribution in [0.25, 0.3) is 0 Å². The third kappa shape index (κ3) is 2.83. The summed E-state index contributed by atoms with van der Waals surface area (Å²) in [5.41, 5.74) is 0. The van der Waals surface area contributed by atoms with E-state index in [4.69, 9.17) is 0 Å². The quantitative estimate of drug-likeness (QED) is 0.713. The summed E-state index contributed by atoms with van der Waals surface area (Å²) in [6.45, 7) is 5.53. The average Bonchev–Trinajstić information content (AvgIpc) is 2.40. The lowest BCUT2D eigenvalue weighted by molar-refractivity contribution is -0.157. The summed E-state index contributed by atoms with van der Waals surface area (Å²) in [5, 5.41) is 3.27. The molecule has 0 aromatic carbocycles. The molecule has 0 spiro atoms. The van der Waals surface area contributed by atoms with Crippen LogP contribution in [0.2, 0.25) is 0 Å². The lowest BCUT2D eigenvalue weighted by Crippen LogP contribution is -2.61. The van der Waals surface area contributed by atoms with Gasteiger partial charge in [-0.25, -0.2) is 0 Å². The van der Waals surface area contributed by atoms with Crippen LogP contribution in [0.5, 0.6) is 0 Å². The first-order valence-electron chi connectivity index (χ1n) is 7.03. The molecule has 1 atom stereocenters. The van der Waals surface area contributed by atoms with Crippen LogP contribution in [0.1, 0.15) is 32.6 Å². The number of nitrogens with zero attached hydrogens (tertiary/aromatic N) is 2. The number of hydrogen-bond donors (Lipinski definition) is 1. The van der Waals surface area contributed by atoms with Crippen LogP contribution < -0.4 is 5.32 Å². The van der Waals surface area contributed by atoms with Crippen molar-refractivity contribution in [1.29, 1.82) is 0 Å². The second-order valence-corrected chi connectivity index (χ2v) is 5.11. The van der Waals surface area contributed by atoms with Gasteiger partial charge in [0, 0.05) is 19.6 Å². The first-order valence-corrected chi connectivity index (χ1v) is 7.03. The van der Waals surface area contributed by atoms with Gasteiger partial charge in [0.15, 0.2) is 0 Å². The molecule has 2 aliphatic rings. The molecule has 5 nitrogen and oxygen atoms in total. The molecular weight excluding hydrogens is 230 g/mol. The predicted octanol–water partition coefficient (Wildman–Crippen LogP) is 0.209. The van der Waals surface area contributed by atoms with Crippen molar-refractivity contribution in [1.82, 2.24) is 15.1 Å². The summed E-state index contributed by atoms with van der Waals surface area (Å²) >= 11 is 0. The van der Waals surface area contributed by atoms with Crippen molar-refractivity contribution >= 4 is 11.8 Å². The number of nitrogens with one attached hydrogen (secondary N) is 1. The molecular formula is C13H23N3O2. The van der Waals surface area contributed by atoms with E-state index in [1.807, 2.05) is 0 Å². The number of carbonyl (C=O) groups is 2. The van der Waals surface area contributed by atoms with Gasteiger partial charge in [0.1, 0.15) is 6.04 Å². The summed E-state index contributed by atoms with van der Waals surface area (Å²) in [4.78, 5) is 27.8. The maximum absolute atomic E-state index is 12.3. The van der Waals surface area contributed by atoms with Crippen LogP contribution in [-0.2, 0) is 9.59 Å². The minimum Gasteiger partial charge on any atom is -0.330 e. The first-order chi connectivity index (χ1) is 8.74. The normalized spacial score (nSPS) is 24.4. The minimum atomic E-state index is -0.175. The van der Waals surface area contributed by atoms with Gasteiger partial charge in [-0.1, -0.05) is 6.92 Å². The zero-order valence-electron chi connectivity index (χ0n) is 11.2. The molecule has 2 aliphatic heterocycles. The Labute approximate surface area is 108 Å². The van der Waals surface area contributed by atoms with Crippen LogP contribution in [0, 0.1) is 0 Å². The molecule has 5 heteroatoms. The Morgan fingerprint density at radius 3 is 2.89 bits per heavy atom. The Morgan fingerprint density at radius 2 is 2.11 bits per heavy atom. The highest BCUT2D eigenvalue weighted by molar-refractivity contribution is 5.95. The fourth-order valence-corrected chi connectivity index (χ4v) is 2.73. The fourth-order valence-electron chi connectivity index (χ4n) is 2.73. The molecule has 0 aromatic heterocycles. The molecule has 102 valence electrons. The molecule has 0 radical (unpaired) electrons. The molecule has 0 bridgehead atoms. The van der Waals surface area contributed by atoms with Gasteiger partial charge >= 0.3 is 0 Å². The number of hydrogen-bond acceptors (Lipinski definition) is 3. The number of amides is 2. The molecule has 2 heterocycles. The Balaban J connectivity index is 1.88. The van der Waals surface area contributed by atoms with Crippen LogP contribution in [0.4, 0.5) is 0 Å². The molecule has 2 saturated heterocycles. The number of piperazine rings is 1. The smallest absolute Gasteiger partial charge is 0.245 e. The Bertz CT molecular complexity index is 319. The maximum atomic E-state index is 12.3. The molecule has 0 aliphatic carbocycles. The summed E-state index contributed by atoms with van der Waals surface area (Å²) in [6, 6.07) is -0.175. The van der Waals surface area contributed by atoms with E-state index in [0.29, 0.717) is 6.54 Å². The lowest BCUT2D eigenvalue weighted by atomic mass is 9.98. The van der Waals surface area contributed by atoms with Crippen molar-refractivity contribution in [2.45, 2.75) is 38.6 Å². The van der Waals surface area contributed by atoms with Gasteiger partial charge in [0.25, 0.3) is 0 Å². The van der Waals surface area contributed by atoms with Crippen LogP contribution in [0.3, 0.4) is 0 Å². The molecule has 2 amide bonds. The molecule has 18 heavy (non-hydrogen) atoms. The van der Waals surface area contributed by atoms with E-state index in [1.54, 1.807) is 9.80 Å². The van der Waals surface area contributed by atoms with Crippen molar-refractivity contribution in [2.24, 2.45) is 0 Å². The van der Waals surface area contributed by atoms with Crippen molar-refractivity contribution in [3.63, 3.8) is 0 Å². The monoisotopic (exact) mass is 253 g/mol. The molecule has 0 aromatic rings. The number of piperidine rings is 1. The van der Waals surface area contributed by atoms with Crippen LogP contribution >= 0.6 is 0 Å². The van der Waals surface area contributed by atoms with Gasteiger partial charge in [-0.3, -0.25) is 9.59 Å². The van der Waals surface area contributed by atoms with Crippen molar-refractivity contribution in [3.05, 3.63) is 0 Å². The maximum Gasteiger partial charge on any atom is 0.245 e. The molecule has 0 saturated carbocycles. The van der Waals surface area contributed by atoms with E-state index in [1.165, 1.54) is 0 Å². The lowest BCUT2D eigenvalue weighted by Gasteiger charge is -2.42. The number of fused-ring (bicyclic) bond motifs is 1. The third-order valence-corrected chi connectivity index (χ3v) is 3.73. The average molecular weight is 253 g/mol. The minimum absolute atomic E-state index is 0.120. The third-order valence-electron chi connectivity index (χ3n) is 3.73. The topological polar surface area (TPSA) is 52.7 Å². The molecule has 1 unspecified atom stereocenters. The van der Waals surface area contributed by atoms with Gasteiger partial charge in [0.05, 0.1) is 6.54 Å². The van der Waals surface area contributed by atoms with Gasteiger partial charge in [-0.2, -0.15) is 0 Å². The first kappa shape index (κ1) is 13.3. The second-order valence-electron chi connectivity index (χ2n) is 5.11. The van der Waals surface area contributed by atoms with E-state index in [-0.39, 0.29) is 24.4 Å². The Hall–Kier alpha value is -1.10. The van der Waals surface area contributed by atoms with E-state index in [0.717, 1.165) is 45.3 Å². The van der Waals surface area contributed by atoms with Crippen LogP contribution in [0.15, 0.2) is 0 Å². The van der Waals surface area contributed by atoms with E-state index >= 15 is 0 Å². The van der Waals surface area contributed by atoms with E-state index < -0.39 is 0 Å². The van der Waals surface area contributed by atoms with Gasteiger partial charge in [0.2, 0.25) is 11.8 Å². The summed E-state index contributed by atoms with van der Waals surface area (Å²) in [6.07, 6.45) is 4.02. The van der Waals surface area contributed by atoms with E-state index in [9.17, 15) is 9.59 Å². The fraction of sp³-hybridized carbons (Fsp3) is 0.846. The largest absolute Gasteiger partial charge is 0.330 e. The highest BCUT2D eigenvalue weighted by Gasteiger charge is 2.39. The summed E-state index contributed by atoms with van der Waals surface area (Å²) < 4.78 is 0. The summed E-state index contributed by atoms with van der Waals surface area (Å²) in [5.74, 6) is 0.266. The zero-order valence-corrected chi connectivity index (χ0v) is 11.2. The van der Waals surface area contributed by atoms with Gasteiger partial charge in [-0.05, 0) is 32.2 Å². The Morgan fingerprint density at radius 1 is 1.28 bits per heavy atom. The molecule has 2 fully saturated rings. The second kappa shape index (κ2) is 6.18. The highest BCUT2D eigenvalue weighted by atomic mass is 16.2. The molecule has 2 rings (SSSR count). The SMILES string of the molecule is CCCNCCN1CC(=O)N2CCCCC2C1=O. The van der Waals surface area contributed by atoms with E-state index in [2.05, 4.69) is 12.2 Å². The van der Waals surface area contributed by atoms with Crippen molar-refractivity contribution in [3.8, 4) is 0 Å². The zero-order chi connectivity index (χ0) is 13.0. The van der Waals surface area contributed by atoms with Gasteiger partial charge in [-0.15, -0.1) is 0 Å². The van der Waals surface area contributed by atoms with Gasteiger partial charge < -0.3 is 15.1 Å². The Kier molecular flexibility index (Phi) is 4.58.